The standard InChI is InChI=1S/C15H21N3OS/c1-11(2)8-14-17-18-15(20-14)16-9-12-4-6-13(7-5-12)10-19-3/h4-7,11H,8-10H2,1-3H3,(H,16,18). The minimum atomic E-state index is 0.615. The van der Waals surface area contributed by atoms with Crippen LogP contribution in [0.15, 0.2) is 24.3 Å². The number of anilines is 1. The molecule has 1 heterocycles. The van der Waals surface area contributed by atoms with Gasteiger partial charge in [-0.3, -0.25) is 0 Å². The van der Waals surface area contributed by atoms with E-state index in [1.54, 1.807) is 18.4 Å². The van der Waals surface area contributed by atoms with Crippen LogP contribution in [-0.2, 0) is 24.3 Å². The molecule has 0 aliphatic heterocycles. The van der Waals surface area contributed by atoms with Gasteiger partial charge in [-0.15, -0.1) is 10.2 Å². The van der Waals surface area contributed by atoms with Gasteiger partial charge in [0, 0.05) is 20.1 Å². The van der Waals surface area contributed by atoms with Crippen molar-refractivity contribution in [2.24, 2.45) is 5.92 Å². The Kier molecular flexibility index (Phi) is 5.49. The average Bonchev–Trinajstić information content (AvgIpc) is 2.85. The molecular formula is C15H21N3OS. The molecule has 0 saturated carbocycles. The maximum atomic E-state index is 5.10. The molecule has 1 aromatic heterocycles. The van der Waals surface area contributed by atoms with E-state index in [1.807, 2.05) is 0 Å². The van der Waals surface area contributed by atoms with Crippen LogP contribution >= 0.6 is 11.3 Å². The van der Waals surface area contributed by atoms with E-state index < -0.39 is 0 Å². The van der Waals surface area contributed by atoms with Gasteiger partial charge in [0.2, 0.25) is 5.13 Å². The van der Waals surface area contributed by atoms with Gasteiger partial charge in [-0.05, 0) is 17.0 Å². The summed E-state index contributed by atoms with van der Waals surface area (Å²) in [4.78, 5) is 0. The van der Waals surface area contributed by atoms with Gasteiger partial charge in [0.15, 0.2) is 0 Å². The topological polar surface area (TPSA) is 47.0 Å². The summed E-state index contributed by atoms with van der Waals surface area (Å²) in [5, 5.41) is 13.7. The Balaban J connectivity index is 1.86. The summed E-state index contributed by atoms with van der Waals surface area (Å²) < 4.78 is 5.10. The molecular weight excluding hydrogens is 270 g/mol. The third-order valence-corrected chi connectivity index (χ3v) is 3.73. The molecule has 0 saturated heterocycles. The average molecular weight is 291 g/mol. The Hall–Kier alpha value is -1.46. The molecule has 2 aromatic rings. The smallest absolute Gasteiger partial charge is 0.205 e. The molecule has 4 nitrogen and oxygen atoms in total. The molecule has 108 valence electrons. The van der Waals surface area contributed by atoms with Crippen molar-refractivity contribution in [3.8, 4) is 0 Å². The predicted molar refractivity (Wildman–Crippen MR) is 82.9 cm³/mol. The van der Waals surface area contributed by atoms with Gasteiger partial charge in [-0.25, -0.2) is 0 Å². The van der Waals surface area contributed by atoms with E-state index >= 15 is 0 Å². The Bertz CT molecular complexity index is 522. The van der Waals surface area contributed by atoms with E-state index in [0.29, 0.717) is 12.5 Å². The molecule has 2 rings (SSSR count). The fourth-order valence-corrected chi connectivity index (χ4v) is 2.80. The van der Waals surface area contributed by atoms with Gasteiger partial charge < -0.3 is 10.1 Å². The van der Waals surface area contributed by atoms with Gasteiger partial charge in [-0.1, -0.05) is 49.4 Å². The van der Waals surface area contributed by atoms with Crippen LogP contribution < -0.4 is 5.32 Å². The highest BCUT2D eigenvalue weighted by Crippen LogP contribution is 2.19. The van der Waals surface area contributed by atoms with E-state index in [4.69, 9.17) is 4.74 Å². The normalized spacial score (nSPS) is 11.0. The number of nitrogens with zero attached hydrogens (tertiary/aromatic N) is 2. The summed E-state index contributed by atoms with van der Waals surface area (Å²) in [6.45, 7) is 5.80. The molecule has 0 atom stereocenters. The molecule has 0 bridgehead atoms. The van der Waals surface area contributed by atoms with Crippen molar-refractivity contribution >= 4 is 16.5 Å². The summed E-state index contributed by atoms with van der Waals surface area (Å²) in [7, 11) is 1.71. The molecule has 0 radical (unpaired) electrons. The highest BCUT2D eigenvalue weighted by Gasteiger charge is 2.05. The Labute approximate surface area is 124 Å². The van der Waals surface area contributed by atoms with Crippen molar-refractivity contribution in [3.63, 3.8) is 0 Å². The second-order valence-corrected chi connectivity index (χ2v) is 6.26. The first-order valence-corrected chi connectivity index (χ1v) is 7.62. The number of hydrogen-bond donors (Lipinski definition) is 1. The molecule has 20 heavy (non-hydrogen) atoms. The van der Waals surface area contributed by atoms with Crippen molar-refractivity contribution < 1.29 is 4.74 Å². The first kappa shape index (κ1) is 14.9. The number of rotatable bonds is 7. The van der Waals surface area contributed by atoms with Crippen molar-refractivity contribution in [2.75, 3.05) is 12.4 Å². The molecule has 0 fully saturated rings. The molecule has 0 aliphatic carbocycles. The number of methoxy groups -OCH3 is 1. The first-order valence-electron chi connectivity index (χ1n) is 6.80. The lowest BCUT2D eigenvalue weighted by Gasteiger charge is -2.04. The molecule has 0 aliphatic rings. The van der Waals surface area contributed by atoms with Crippen molar-refractivity contribution in [3.05, 3.63) is 40.4 Å². The SMILES string of the molecule is COCc1ccc(CNc2nnc(CC(C)C)s2)cc1. The fraction of sp³-hybridized carbons (Fsp3) is 0.467. The van der Waals surface area contributed by atoms with Crippen LogP contribution in [0.1, 0.15) is 30.0 Å². The predicted octanol–water partition coefficient (Wildman–Crippen LogP) is 3.50. The molecule has 5 heteroatoms. The van der Waals surface area contributed by atoms with Crippen LogP contribution in [0.3, 0.4) is 0 Å². The van der Waals surface area contributed by atoms with Gasteiger partial charge in [0.25, 0.3) is 0 Å². The number of ether oxygens (including phenoxy) is 1. The zero-order chi connectivity index (χ0) is 14.4. The highest BCUT2D eigenvalue weighted by molar-refractivity contribution is 7.15. The van der Waals surface area contributed by atoms with E-state index in [2.05, 4.69) is 53.6 Å². The van der Waals surface area contributed by atoms with Crippen LogP contribution in [-0.4, -0.2) is 17.3 Å². The van der Waals surface area contributed by atoms with E-state index in [-0.39, 0.29) is 0 Å². The van der Waals surface area contributed by atoms with Gasteiger partial charge in [-0.2, -0.15) is 0 Å². The van der Waals surface area contributed by atoms with Crippen molar-refractivity contribution in [1.82, 2.24) is 10.2 Å². The third-order valence-electron chi connectivity index (χ3n) is 2.83. The zero-order valence-corrected chi connectivity index (χ0v) is 13.0. The van der Waals surface area contributed by atoms with Gasteiger partial charge in [0.05, 0.1) is 6.61 Å². The lowest BCUT2D eigenvalue weighted by molar-refractivity contribution is 0.185. The largest absolute Gasteiger partial charge is 0.380 e. The quantitative estimate of drug-likeness (QED) is 0.848. The minimum Gasteiger partial charge on any atom is -0.380 e. The lowest BCUT2D eigenvalue weighted by Crippen LogP contribution is -1.99. The Morgan fingerprint density at radius 2 is 1.85 bits per heavy atom. The van der Waals surface area contributed by atoms with Crippen LogP contribution in [0.5, 0.6) is 0 Å². The van der Waals surface area contributed by atoms with Gasteiger partial charge >= 0.3 is 0 Å². The molecule has 0 unspecified atom stereocenters. The van der Waals surface area contributed by atoms with E-state index in [9.17, 15) is 0 Å². The Morgan fingerprint density at radius 1 is 1.15 bits per heavy atom. The first-order chi connectivity index (χ1) is 9.67. The second kappa shape index (κ2) is 7.36. The number of nitrogens with one attached hydrogen (secondary N) is 1. The van der Waals surface area contributed by atoms with Crippen LogP contribution in [0.2, 0.25) is 0 Å². The second-order valence-electron chi connectivity index (χ2n) is 5.20. The summed E-state index contributed by atoms with van der Waals surface area (Å²) in [5.41, 5.74) is 2.41. The highest BCUT2D eigenvalue weighted by atomic mass is 32.1. The number of hydrogen-bond acceptors (Lipinski definition) is 5. The Morgan fingerprint density at radius 3 is 2.50 bits per heavy atom. The molecule has 0 amide bonds. The molecule has 0 spiro atoms. The van der Waals surface area contributed by atoms with E-state index in [1.165, 1.54) is 11.1 Å². The number of benzene rings is 1. The third kappa shape index (κ3) is 4.58. The number of aromatic nitrogens is 2. The maximum absolute atomic E-state index is 5.10. The minimum absolute atomic E-state index is 0.615. The van der Waals surface area contributed by atoms with Crippen LogP contribution in [0.4, 0.5) is 5.13 Å². The fourth-order valence-electron chi connectivity index (χ4n) is 1.85. The van der Waals surface area contributed by atoms with Crippen molar-refractivity contribution in [2.45, 2.75) is 33.4 Å². The molecule has 1 aromatic carbocycles. The summed E-state index contributed by atoms with van der Waals surface area (Å²) in [6.07, 6.45) is 0.991. The molecule has 1 N–H and O–H groups in total. The lowest BCUT2D eigenvalue weighted by atomic mass is 10.1. The van der Waals surface area contributed by atoms with Crippen LogP contribution in [0, 0.1) is 5.92 Å². The monoisotopic (exact) mass is 291 g/mol. The summed E-state index contributed by atoms with van der Waals surface area (Å²) >= 11 is 1.64. The maximum Gasteiger partial charge on any atom is 0.205 e. The van der Waals surface area contributed by atoms with Gasteiger partial charge in [0.1, 0.15) is 5.01 Å². The van der Waals surface area contributed by atoms with Crippen molar-refractivity contribution in [1.29, 1.82) is 0 Å². The van der Waals surface area contributed by atoms with Crippen LogP contribution in [0.25, 0.3) is 0 Å². The summed E-state index contributed by atoms with van der Waals surface area (Å²) in [5.74, 6) is 0.615. The van der Waals surface area contributed by atoms with E-state index in [0.717, 1.165) is 23.1 Å². The summed E-state index contributed by atoms with van der Waals surface area (Å²) in [6, 6.07) is 8.39. The zero-order valence-electron chi connectivity index (χ0n) is 12.2.